The van der Waals surface area contributed by atoms with Crippen molar-refractivity contribution in [1.29, 1.82) is 0 Å². The summed E-state index contributed by atoms with van der Waals surface area (Å²) in [4.78, 5) is 28.3. The molecule has 3 atom stereocenters. The Balaban J connectivity index is 2.21. The summed E-state index contributed by atoms with van der Waals surface area (Å²) in [5, 5.41) is 0. The molecule has 0 radical (unpaired) electrons. The molecule has 2 rings (SSSR count). The molecule has 0 aliphatic carbocycles. The molecular formula is C13H22N2O3. The van der Waals surface area contributed by atoms with Gasteiger partial charge in [0, 0.05) is 13.7 Å². The molecule has 2 fully saturated rings. The normalized spacial score (nSPS) is 30.4. The summed E-state index contributed by atoms with van der Waals surface area (Å²) in [5.74, 6) is 0.175. The van der Waals surface area contributed by atoms with Crippen LogP contribution in [0.2, 0.25) is 0 Å². The second-order valence-electron chi connectivity index (χ2n) is 5.27. The van der Waals surface area contributed by atoms with E-state index in [0.29, 0.717) is 6.61 Å². The average molecular weight is 254 g/mol. The van der Waals surface area contributed by atoms with Crippen molar-refractivity contribution < 1.29 is 14.3 Å². The zero-order valence-electron chi connectivity index (χ0n) is 11.4. The van der Waals surface area contributed by atoms with Gasteiger partial charge in [-0.05, 0) is 33.1 Å². The summed E-state index contributed by atoms with van der Waals surface area (Å²) in [5.41, 5.74) is 0. The predicted octanol–water partition coefficient (Wildman–Crippen LogP) is 0.633. The lowest BCUT2D eigenvalue weighted by Gasteiger charge is -2.47. The van der Waals surface area contributed by atoms with Crippen LogP contribution in [0.25, 0.3) is 0 Å². The monoisotopic (exact) mass is 254 g/mol. The first-order valence-corrected chi connectivity index (χ1v) is 6.69. The number of piperazine rings is 1. The smallest absolute Gasteiger partial charge is 0.246 e. The standard InChI is InChI=1S/C13H22N2O3/c1-9(8-18-3)15-10(2)12(16)14-7-5-4-6-11(14)13(15)17/h9-11H,4-8H2,1-3H3. The van der Waals surface area contributed by atoms with Gasteiger partial charge in [0.05, 0.1) is 12.6 Å². The second-order valence-corrected chi connectivity index (χ2v) is 5.27. The van der Waals surface area contributed by atoms with Gasteiger partial charge in [-0.1, -0.05) is 0 Å². The zero-order valence-corrected chi connectivity index (χ0v) is 11.4. The lowest BCUT2D eigenvalue weighted by Crippen LogP contribution is -2.67. The first-order chi connectivity index (χ1) is 8.57. The molecule has 0 spiro atoms. The molecule has 5 nitrogen and oxygen atoms in total. The molecule has 102 valence electrons. The molecule has 2 aliphatic rings. The molecule has 2 heterocycles. The van der Waals surface area contributed by atoms with Crippen molar-refractivity contribution in [2.75, 3.05) is 20.3 Å². The number of fused-ring (bicyclic) bond motifs is 1. The molecule has 18 heavy (non-hydrogen) atoms. The van der Waals surface area contributed by atoms with Gasteiger partial charge in [-0.3, -0.25) is 9.59 Å². The van der Waals surface area contributed by atoms with Crippen molar-refractivity contribution in [3.8, 4) is 0 Å². The molecule has 0 aromatic heterocycles. The molecule has 5 heteroatoms. The highest BCUT2D eigenvalue weighted by molar-refractivity contribution is 5.97. The fourth-order valence-corrected chi connectivity index (χ4v) is 3.09. The first-order valence-electron chi connectivity index (χ1n) is 6.69. The van der Waals surface area contributed by atoms with Crippen LogP contribution in [0.4, 0.5) is 0 Å². The molecule has 0 saturated carbocycles. The van der Waals surface area contributed by atoms with E-state index in [0.717, 1.165) is 25.8 Å². The highest BCUT2D eigenvalue weighted by Crippen LogP contribution is 2.27. The maximum atomic E-state index is 12.5. The van der Waals surface area contributed by atoms with Crippen molar-refractivity contribution in [3.63, 3.8) is 0 Å². The van der Waals surface area contributed by atoms with Crippen molar-refractivity contribution in [3.05, 3.63) is 0 Å². The van der Waals surface area contributed by atoms with E-state index in [1.54, 1.807) is 16.9 Å². The number of piperidine rings is 1. The number of rotatable bonds is 3. The lowest BCUT2D eigenvalue weighted by atomic mass is 9.95. The zero-order chi connectivity index (χ0) is 13.3. The van der Waals surface area contributed by atoms with E-state index >= 15 is 0 Å². The summed E-state index contributed by atoms with van der Waals surface area (Å²) < 4.78 is 5.11. The SMILES string of the molecule is COCC(C)N1C(=O)C2CCCCN2C(=O)C1C. The summed E-state index contributed by atoms with van der Waals surface area (Å²) in [6.07, 6.45) is 2.84. The minimum absolute atomic E-state index is 0.0504. The third-order valence-electron chi connectivity index (χ3n) is 3.98. The van der Waals surface area contributed by atoms with Crippen LogP contribution in [-0.4, -0.2) is 60.0 Å². The molecule has 0 bridgehead atoms. The molecule has 3 unspecified atom stereocenters. The Kier molecular flexibility index (Phi) is 3.90. The van der Waals surface area contributed by atoms with Gasteiger partial charge in [0.25, 0.3) is 0 Å². The molecule has 0 aromatic rings. The lowest BCUT2D eigenvalue weighted by molar-refractivity contribution is -0.166. The minimum atomic E-state index is -0.364. The van der Waals surface area contributed by atoms with Gasteiger partial charge in [0.2, 0.25) is 11.8 Å². The third-order valence-corrected chi connectivity index (χ3v) is 3.98. The number of carbonyl (C=O) groups is 2. The molecule has 2 saturated heterocycles. The van der Waals surface area contributed by atoms with Crippen LogP contribution in [0.1, 0.15) is 33.1 Å². The van der Waals surface area contributed by atoms with E-state index in [1.807, 2.05) is 13.8 Å². The fraction of sp³-hybridized carbons (Fsp3) is 0.846. The van der Waals surface area contributed by atoms with E-state index in [4.69, 9.17) is 4.74 Å². The van der Waals surface area contributed by atoms with Crippen molar-refractivity contribution in [1.82, 2.24) is 9.80 Å². The molecule has 2 amide bonds. The number of hydrogen-bond acceptors (Lipinski definition) is 3. The van der Waals surface area contributed by atoms with Crippen LogP contribution in [0.15, 0.2) is 0 Å². The highest BCUT2D eigenvalue weighted by atomic mass is 16.5. The number of ether oxygens (including phenoxy) is 1. The minimum Gasteiger partial charge on any atom is -0.383 e. The van der Waals surface area contributed by atoms with Gasteiger partial charge in [-0.15, -0.1) is 0 Å². The Bertz CT molecular complexity index is 345. The Hall–Kier alpha value is -1.10. The van der Waals surface area contributed by atoms with Crippen LogP contribution in [0.3, 0.4) is 0 Å². The van der Waals surface area contributed by atoms with Gasteiger partial charge < -0.3 is 14.5 Å². The molecule has 2 aliphatic heterocycles. The quantitative estimate of drug-likeness (QED) is 0.742. The Morgan fingerprint density at radius 1 is 1.33 bits per heavy atom. The van der Waals surface area contributed by atoms with Gasteiger partial charge >= 0.3 is 0 Å². The van der Waals surface area contributed by atoms with Crippen LogP contribution in [0.5, 0.6) is 0 Å². The highest BCUT2D eigenvalue weighted by Gasteiger charge is 2.45. The van der Waals surface area contributed by atoms with Crippen molar-refractivity contribution in [2.45, 2.75) is 51.2 Å². The number of amides is 2. The van der Waals surface area contributed by atoms with Crippen LogP contribution < -0.4 is 0 Å². The Labute approximate surface area is 108 Å². The molecule has 0 N–H and O–H groups in total. The number of hydrogen-bond donors (Lipinski definition) is 0. The third kappa shape index (κ3) is 2.11. The average Bonchev–Trinajstić information content (AvgIpc) is 2.37. The van der Waals surface area contributed by atoms with Gasteiger partial charge in [-0.2, -0.15) is 0 Å². The van der Waals surface area contributed by atoms with E-state index in [2.05, 4.69) is 0 Å². The largest absolute Gasteiger partial charge is 0.383 e. The van der Waals surface area contributed by atoms with E-state index in [1.165, 1.54) is 0 Å². The van der Waals surface area contributed by atoms with Crippen LogP contribution in [0, 0.1) is 0 Å². The molecular weight excluding hydrogens is 232 g/mol. The fourth-order valence-electron chi connectivity index (χ4n) is 3.09. The van der Waals surface area contributed by atoms with E-state index in [-0.39, 0.29) is 29.9 Å². The number of nitrogens with zero attached hydrogens (tertiary/aromatic N) is 2. The second kappa shape index (κ2) is 5.26. The molecule has 0 aromatic carbocycles. The topological polar surface area (TPSA) is 49.9 Å². The summed E-state index contributed by atoms with van der Waals surface area (Å²) in [6, 6.07) is -0.649. The van der Waals surface area contributed by atoms with Gasteiger partial charge in [0.15, 0.2) is 0 Å². The van der Waals surface area contributed by atoms with Crippen LogP contribution >= 0.6 is 0 Å². The Morgan fingerprint density at radius 3 is 2.72 bits per heavy atom. The maximum Gasteiger partial charge on any atom is 0.246 e. The maximum absolute atomic E-state index is 12.5. The van der Waals surface area contributed by atoms with Crippen LogP contribution in [-0.2, 0) is 14.3 Å². The predicted molar refractivity (Wildman–Crippen MR) is 67.0 cm³/mol. The van der Waals surface area contributed by atoms with Gasteiger partial charge in [-0.25, -0.2) is 0 Å². The number of methoxy groups -OCH3 is 1. The summed E-state index contributed by atoms with van der Waals surface area (Å²) in [6.45, 7) is 4.95. The summed E-state index contributed by atoms with van der Waals surface area (Å²) >= 11 is 0. The van der Waals surface area contributed by atoms with Crippen molar-refractivity contribution in [2.24, 2.45) is 0 Å². The van der Waals surface area contributed by atoms with E-state index in [9.17, 15) is 9.59 Å². The van der Waals surface area contributed by atoms with E-state index < -0.39 is 0 Å². The van der Waals surface area contributed by atoms with Crippen molar-refractivity contribution >= 4 is 11.8 Å². The summed E-state index contributed by atoms with van der Waals surface area (Å²) in [7, 11) is 1.62. The first kappa shape index (κ1) is 13.3. The van der Waals surface area contributed by atoms with Gasteiger partial charge in [0.1, 0.15) is 12.1 Å². The number of carbonyl (C=O) groups excluding carboxylic acids is 2. The Morgan fingerprint density at radius 2 is 2.06 bits per heavy atom.